The van der Waals surface area contributed by atoms with Crippen molar-refractivity contribution in [2.75, 3.05) is 19.6 Å². The van der Waals surface area contributed by atoms with Crippen LogP contribution in [0.4, 0.5) is 0 Å². The SMILES string of the molecule is CC[N+]1(C2CCCC(C)C2)CCCC1. The lowest BCUT2D eigenvalue weighted by atomic mass is 9.85. The molecular weight excluding hydrogens is 170 g/mol. The van der Waals surface area contributed by atoms with Gasteiger partial charge in [-0.2, -0.15) is 0 Å². The molecule has 0 aromatic heterocycles. The lowest BCUT2D eigenvalue weighted by Gasteiger charge is -2.44. The molecule has 0 bridgehead atoms. The van der Waals surface area contributed by atoms with Crippen LogP contribution in [0.25, 0.3) is 0 Å². The van der Waals surface area contributed by atoms with Crippen LogP contribution in [-0.4, -0.2) is 30.2 Å². The zero-order valence-corrected chi connectivity index (χ0v) is 9.97. The first-order valence-corrected chi connectivity index (χ1v) is 6.62. The van der Waals surface area contributed by atoms with Gasteiger partial charge in [0.25, 0.3) is 0 Å². The zero-order valence-electron chi connectivity index (χ0n) is 9.97. The Kier molecular flexibility index (Phi) is 3.16. The van der Waals surface area contributed by atoms with Crippen LogP contribution in [0.3, 0.4) is 0 Å². The summed E-state index contributed by atoms with van der Waals surface area (Å²) < 4.78 is 1.48. The van der Waals surface area contributed by atoms with Gasteiger partial charge in [-0.3, -0.25) is 0 Å². The summed E-state index contributed by atoms with van der Waals surface area (Å²) in [5.41, 5.74) is 0. The van der Waals surface area contributed by atoms with E-state index in [0.29, 0.717) is 0 Å². The smallest absolute Gasteiger partial charge is 0.0892 e. The predicted octanol–water partition coefficient (Wildman–Crippen LogP) is 3.20. The van der Waals surface area contributed by atoms with E-state index in [-0.39, 0.29) is 0 Å². The molecule has 14 heavy (non-hydrogen) atoms. The van der Waals surface area contributed by atoms with Crippen molar-refractivity contribution in [1.82, 2.24) is 0 Å². The second-order valence-electron chi connectivity index (χ2n) is 5.61. The molecule has 2 atom stereocenters. The van der Waals surface area contributed by atoms with Gasteiger partial charge in [0.05, 0.1) is 25.7 Å². The summed E-state index contributed by atoms with van der Waals surface area (Å²) >= 11 is 0. The van der Waals surface area contributed by atoms with Crippen LogP contribution in [0.15, 0.2) is 0 Å². The van der Waals surface area contributed by atoms with Crippen LogP contribution >= 0.6 is 0 Å². The molecule has 82 valence electrons. The summed E-state index contributed by atoms with van der Waals surface area (Å²) in [5.74, 6) is 0.996. The minimum atomic E-state index is 0.996. The summed E-state index contributed by atoms with van der Waals surface area (Å²) in [4.78, 5) is 0. The zero-order chi connectivity index (χ0) is 10.0. The van der Waals surface area contributed by atoms with Crippen molar-refractivity contribution in [3.63, 3.8) is 0 Å². The molecule has 1 saturated carbocycles. The molecule has 0 aromatic rings. The normalized spacial score (nSPS) is 37.3. The van der Waals surface area contributed by atoms with Crippen molar-refractivity contribution in [3.8, 4) is 0 Å². The van der Waals surface area contributed by atoms with E-state index in [1.54, 1.807) is 0 Å². The van der Waals surface area contributed by atoms with Gasteiger partial charge in [-0.05, 0) is 25.7 Å². The monoisotopic (exact) mass is 196 g/mol. The first kappa shape index (κ1) is 10.5. The van der Waals surface area contributed by atoms with Gasteiger partial charge in [-0.1, -0.05) is 13.3 Å². The van der Waals surface area contributed by atoms with Crippen molar-refractivity contribution in [3.05, 3.63) is 0 Å². The lowest BCUT2D eigenvalue weighted by Crippen LogP contribution is -2.54. The van der Waals surface area contributed by atoms with Gasteiger partial charge in [0.2, 0.25) is 0 Å². The number of quaternary nitrogens is 1. The highest BCUT2D eigenvalue weighted by atomic mass is 15.4. The first-order valence-electron chi connectivity index (χ1n) is 6.62. The van der Waals surface area contributed by atoms with Crippen molar-refractivity contribution in [2.24, 2.45) is 5.92 Å². The van der Waals surface area contributed by atoms with Gasteiger partial charge >= 0.3 is 0 Å². The highest BCUT2D eigenvalue weighted by Gasteiger charge is 2.39. The van der Waals surface area contributed by atoms with Gasteiger partial charge in [-0.25, -0.2) is 0 Å². The standard InChI is InChI=1S/C13H26N/c1-3-14(9-4-5-10-14)13-8-6-7-12(2)11-13/h12-13H,3-11H2,1-2H3/q+1. The molecule has 1 aliphatic carbocycles. The summed E-state index contributed by atoms with van der Waals surface area (Å²) in [6, 6.07) is 1.02. The third kappa shape index (κ3) is 1.84. The van der Waals surface area contributed by atoms with Crippen LogP contribution in [0.5, 0.6) is 0 Å². The average molecular weight is 196 g/mol. The fourth-order valence-corrected chi connectivity index (χ4v) is 3.80. The molecule has 1 nitrogen and oxygen atoms in total. The molecule has 0 amide bonds. The molecule has 1 aliphatic heterocycles. The summed E-state index contributed by atoms with van der Waals surface area (Å²) in [5, 5.41) is 0. The van der Waals surface area contributed by atoms with Crippen LogP contribution in [-0.2, 0) is 0 Å². The molecule has 0 N–H and O–H groups in total. The van der Waals surface area contributed by atoms with E-state index in [2.05, 4.69) is 13.8 Å². The van der Waals surface area contributed by atoms with Gasteiger partial charge in [0.15, 0.2) is 0 Å². The fourth-order valence-electron chi connectivity index (χ4n) is 3.80. The van der Waals surface area contributed by atoms with E-state index in [1.807, 2.05) is 0 Å². The number of nitrogens with zero attached hydrogens (tertiary/aromatic N) is 1. The van der Waals surface area contributed by atoms with E-state index in [4.69, 9.17) is 0 Å². The second kappa shape index (κ2) is 4.22. The predicted molar refractivity (Wildman–Crippen MR) is 61.2 cm³/mol. The van der Waals surface area contributed by atoms with Crippen molar-refractivity contribution >= 4 is 0 Å². The Balaban J connectivity index is 2.03. The highest BCUT2D eigenvalue weighted by Crippen LogP contribution is 2.34. The largest absolute Gasteiger partial charge is 0.321 e. The molecule has 1 heterocycles. The third-order valence-corrected chi connectivity index (χ3v) is 4.77. The Bertz CT molecular complexity index is 182. The van der Waals surface area contributed by atoms with Crippen molar-refractivity contribution < 1.29 is 4.48 Å². The fraction of sp³-hybridized carbons (Fsp3) is 1.00. The second-order valence-corrected chi connectivity index (χ2v) is 5.61. The maximum absolute atomic E-state index is 2.45. The first-order chi connectivity index (χ1) is 6.77. The van der Waals surface area contributed by atoms with Crippen molar-refractivity contribution in [1.29, 1.82) is 0 Å². The molecule has 1 heteroatoms. The summed E-state index contributed by atoms with van der Waals surface area (Å²) in [6.07, 6.45) is 8.97. The van der Waals surface area contributed by atoms with Gasteiger partial charge < -0.3 is 4.48 Å². The minimum absolute atomic E-state index is 0.996. The van der Waals surface area contributed by atoms with Crippen LogP contribution < -0.4 is 0 Å². The van der Waals surface area contributed by atoms with Crippen LogP contribution in [0, 0.1) is 5.92 Å². The number of rotatable bonds is 2. The Morgan fingerprint density at radius 1 is 1.07 bits per heavy atom. The summed E-state index contributed by atoms with van der Waals surface area (Å²) in [6.45, 7) is 9.21. The minimum Gasteiger partial charge on any atom is -0.321 e. The molecule has 0 radical (unpaired) electrons. The van der Waals surface area contributed by atoms with Crippen LogP contribution in [0.2, 0.25) is 0 Å². The molecule has 0 spiro atoms. The van der Waals surface area contributed by atoms with Crippen molar-refractivity contribution in [2.45, 2.75) is 58.4 Å². The highest BCUT2D eigenvalue weighted by molar-refractivity contribution is 4.73. The van der Waals surface area contributed by atoms with E-state index in [9.17, 15) is 0 Å². The van der Waals surface area contributed by atoms with E-state index < -0.39 is 0 Å². The van der Waals surface area contributed by atoms with Gasteiger partial charge in [0, 0.05) is 19.3 Å². The number of likely N-dealkylation sites (tertiary alicyclic amines) is 1. The van der Waals surface area contributed by atoms with E-state index in [1.165, 1.54) is 62.6 Å². The Labute approximate surface area is 89.1 Å². The average Bonchev–Trinajstić information content (AvgIpc) is 2.67. The molecule has 2 aliphatic rings. The Hall–Kier alpha value is -0.0400. The van der Waals surface area contributed by atoms with Gasteiger partial charge in [-0.15, -0.1) is 0 Å². The third-order valence-electron chi connectivity index (χ3n) is 4.77. The Morgan fingerprint density at radius 2 is 1.79 bits per heavy atom. The van der Waals surface area contributed by atoms with Gasteiger partial charge in [0.1, 0.15) is 0 Å². The molecule has 0 aromatic carbocycles. The molecule has 1 saturated heterocycles. The lowest BCUT2D eigenvalue weighted by molar-refractivity contribution is -0.940. The van der Waals surface area contributed by atoms with E-state index in [0.717, 1.165) is 12.0 Å². The maximum atomic E-state index is 2.45. The Morgan fingerprint density at radius 3 is 2.36 bits per heavy atom. The quantitative estimate of drug-likeness (QED) is 0.595. The number of hydrogen-bond acceptors (Lipinski definition) is 0. The molecule has 2 rings (SSSR count). The number of hydrogen-bond donors (Lipinski definition) is 0. The molecule has 2 unspecified atom stereocenters. The molecular formula is C13H26N+. The topological polar surface area (TPSA) is 0 Å². The van der Waals surface area contributed by atoms with E-state index >= 15 is 0 Å². The molecule has 2 fully saturated rings. The summed E-state index contributed by atoms with van der Waals surface area (Å²) in [7, 11) is 0. The maximum Gasteiger partial charge on any atom is 0.0892 e. The van der Waals surface area contributed by atoms with Crippen LogP contribution in [0.1, 0.15) is 52.4 Å².